The zero-order chi connectivity index (χ0) is 11.3. The first-order chi connectivity index (χ1) is 7.22. The normalized spacial score (nSPS) is 26.8. The smallest absolute Gasteiger partial charge is 0.0503 e. The Bertz CT molecular complexity index is 175. The quantitative estimate of drug-likeness (QED) is 0.725. The second-order valence-corrected chi connectivity index (χ2v) is 4.79. The topological polar surface area (TPSA) is 38.5 Å². The van der Waals surface area contributed by atoms with E-state index in [2.05, 4.69) is 18.7 Å². The maximum Gasteiger partial charge on any atom is 0.0503 e. The number of hydrogen-bond donors (Lipinski definition) is 1. The molecule has 3 atom stereocenters. The van der Waals surface area contributed by atoms with Gasteiger partial charge in [-0.05, 0) is 24.8 Å². The Balaban J connectivity index is 2.42. The minimum atomic E-state index is 0.567. The van der Waals surface area contributed by atoms with Gasteiger partial charge in [0.1, 0.15) is 0 Å². The van der Waals surface area contributed by atoms with Gasteiger partial charge in [-0.15, -0.1) is 0 Å². The van der Waals surface area contributed by atoms with Crippen LogP contribution in [-0.2, 0) is 4.74 Å². The molecule has 0 aliphatic carbocycles. The van der Waals surface area contributed by atoms with Crippen molar-refractivity contribution >= 4 is 0 Å². The van der Waals surface area contributed by atoms with Crippen LogP contribution in [-0.4, -0.2) is 44.3 Å². The van der Waals surface area contributed by atoms with Gasteiger partial charge in [-0.2, -0.15) is 0 Å². The molecule has 3 nitrogen and oxygen atoms in total. The first kappa shape index (κ1) is 12.9. The van der Waals surface area contributed by atoms with Gasteiger partial charge < -0.3 is 10.5 Å². The van der Waals surface area contributed by atoms with E-state index in [1.165, 1.54) is 25.9 Å². The molecular weight excluding hydrogens is 188 g/mol. The van der Waals surface area contributed by atoms with Crippen molar-refractivity contribution in [3.63, 3.8) is 0 Å². The van der Waals surface area contributed by atoms with Crippen molar-refractivity contribution < 1.29 is 4.74 Å². The van der Waals surface area contributed by atoms with Crippen LogP contribution in [0.1, 0.15) is 26.7 Å². The molecule has 0 aromatic rings. The molecular formula is C12H26N2O. The third kappa shape index (κ3) is 3.44. The third-order valence-electron chi connectivity index (χ3n) is 3.73. The molecule has 15 heavy (non-hydrogen) atoms. The van der Waals surface area contributed by atoms with E-state index in [9.17, 15) is 0 Å². The molecule has 0 radical (unpaired) electrons. The van der Waals surface area contributed by atoms with Crippen molar-refractivity contribution in [1.29, 1.82) is 0 Å². The summed E-state index contributed by atoms with van der Waals surface area (Å²) in [7, 11) is 1.79. The highest BCUT2D eigenvalue weighted by molar-refractivity contribution is 4.84. The lowest BCUT2D eigenvalue weighted by Crippen LogP contribution is -2.43. The van der Waals surface area contributed by atoms with Crippen LogP contribution in [0.3, 0.4) is 0 Å². The fraction of sp³-hybridized carbons (Fsp3) is 1.00. The molecule has 1 aliphatic rings. The Morgan fingerprint density at radius 2 is 2.27 bits per heavy atom. The average Bonchev–Trinajstić information content (AvgIpc) is 2.68. The number of rotatable bonds is 6. The Morgan fingerprint density at radius 1 is 1.53 bits per heavy atom. The van der Waals surface area contributed by atoms with Gasteiger partial charge in [-0.3, -0.25) is 4.90 Å². The van der Waals surface area contributed by atoms with E-state index >= 15 is 0 Å². The molecule has 1 heterocycles. The standard InChI is InChI=1S/C12H26N2O/c1-4-10(2)12(7-13)14-6-5-11(8-14)9-15-3/h10-12H,4-9,13H2,1-3H3. The van der Waals surface area contributed by atoms with Crippen molar-refractivity contribution in [2.75, 3.05) is 33.4 Å². The van der Waals surface area contributed by atoms with Crippen LogP contribution in [0.2, 0.25) is 0 Å². The highest BCUT2D eigenvalue weighted by Crippen LogP contribution is 2.23. The van der Waals surface area contributed by atoms with Crippen LogP contribution in [0.5, 0.6) is 0 Å². The van der Waals surface area contributed by atoms with Crippen molar-refractivity contribution in [1.82, 2.24) is 4.90 Å². The largest absolute Gasteiger partial charge is 0.384 e. The zero-order valence-electron chi connectivity index (χ0n) is 10.4. The SMILES string of the molecule is CCC(C)C(CN)N1CCC(COC)C1. The molecule has 1 fully saturated rings. The molecule has 0 bridgehead atoms. The molecule has 1 saturated heterocycles. The summed E-state index contributed by atoms with van der Waals surface area (Å²) in [4.78, 5) is 2.55. The Hall–Kier alpha value is -0.120. The molecule has 0 saturated carbocycles. The molecule has 2 N–H and O–H groups in total. The van der Waals surface area contributed by atoms with E-state index in [1.54, 1.807) is 7.11 Å². The van der Waals surface area contributed by atoms with Crippen LogP contribution in [0.25, 0.3) is 0 Å². The first-order valence-corrected chi connectivity index (χ1v) is 6.15. The minimum absolute atomic E-state index is 0.567. The maximum absolute atomic E-state index is 5.88. The fourth-order valence-electron chi connectivity index (χ4n) is 2.55. The summed E-state index contributed by atoms with van der Waals surface area (Å²) in [6, 6.07) is 0.567. The van der Waals surface area contributed by atoms with Gasteiger partial charge in [-0.1, -0.05) is 20.3 Å². The number of ether oxygens (including phenoxy) is 1. The first-order valence-electron chi connectivity index (χ1n) is 6.15. The molecule has 3 heteroatoms. The highest BCUT2D eigenvalue weighted by Gasteiger charge is 2.29. The maximum atomic E-state index is 5.88. The van der Waals surface area contributed by atoms with E-state index < -0.39 is 0 Å². The molecule has 0 aromatic carbocycles. The molecule has 1 aliphatic heterocycles. The zero-order valence-corrected chi connectivity index (χ0v) is 10.4. The van der Waals surface area contributed by atoms with Crippen molar-refractivity contribution in [2.45, 2.75) is 32.7 Å². The number of likely N-dealkylation sites (tertiary alicyclic amines) is 1. The van der Waals surface area contributed by atoms with Crippen molar-refractivity contribution in [3.8, 4) is 0 Å². The lowest BCUT2D eigenvalue weighted by Gasteiger charge is -2.31. The number of hydrogen-bond acceptors (Lipinski definition) is 3. The van der Waals surface area contributed by atoms with Crippen LogP contribution >= 0.6 is 0 Å². The predicted octanol–water partition coefficient (Wildman–Crippen LogP) is 1.33. The van der Waals surface area contributed by atoms with Crippen LogP contribution < -0.4 is 5.73 Å². The van der Waals surface area contributed by atoms with E-state index in [4.69, 9.17) is 10.5 Å². The molecule has 0 amide bonds. The Morgan fingerprint density at radius 3 is 2.80 bits per heavy atom. The average molecular weight is 214 g/mol. The van der Waals surface area contributed by atoms with Gasteiger partial charge in [0.05, 0.1) is 6.61 Å². The molecule has 90 valence electrons. The van der Waals surface area contributed by atoms with Crippen LogP contribution in [0.15, 0.2) is 0 Å². The summed E-state index contributed by atoms with van der Waals surface area (Å²) in [5.74, 6) is 1.42. The monoisotopic (exact) mass is 214 g/mol. The van der Waals surface area contributed by atoms with E-state index in [0.717, 1.165) is 13.2 Å². The summed E-state index contributed by atoms with van der Waals surface area (Å²) < 4.78 is 5.22. The summed E-state index contributed by atoms with van der Waals surface area (Å²) in [6.45, 7) is 8.60. The van der Waals surface area contributed by atoms with E-state index in [1.807, 2.05) is 0 Å². The number of nitrogens with two attached hydrogens (primary N) is 1. The summed E-state index contributed by atoms with van der Waals surface area (Å²) >= 11 is 0. The van der Waals surface area contributed by atoms with Crippen molar-refractivity contribution in [2.24, 2.45) is 17.6 Å². The fourth-order valence-corrected chi connectivity index (χ4v) is 2.55. The number of nitrogens with zero attached hydrogens (tertiary/aromatic N) is 1. The number of methoxy groups -OCH3 is 1. The van der Waals surface area contributed by atoms with Gasteiger partial charge in [0, 0.05) is 26.2 Å². The van der Waals surface area contributed by atoms with Crippen LogP contribution in [0, 0.1) is 11.8 Å². The van der Waals surface area contributed by atoms with Gasteiger partial charge in [0.15, 0.2) is 0 Å². The second kappa shape index (κ2) is 6.46. The van der Waals surface area contributed by atoms with Crippen molar-refractivity contribution in [3.05, 3.63) is 0 Å². The Labute approximate surface area is 94.0 Å². The Kier molecular flexibility index (Phi) is 5.58. The third-order valence-corrected chi connectivity index (χ3v) is 3.73. The van der Waals surface area contributed by atoms with Gasteiger partial charge in [0.25, 0.3) is 0 Å². The summed E-state index contributed by atoms with van der Waals surface area (Å²) in [5.41, 5.74) is 5.88. The second-order valence-electron chi connectivity index (χ2n) is 4.79. The lowest BCUT2D eigenvalue weighted by atomic mass is 9.98. The van der Waals surface area contributed by atoms with E-state index in [0.29, 0.717) is 17.9 Å². The molecule has 1 rings (SSSR count). The van der Waals surface area contributed by atoms with Gasteiger partial charge in [-0.25, -0.2) is 0 Å². The minimum Gasteiger partial charge on any atom is -0.384 e. The van der Waals surface area contributed by atoms with Gasteiger partial charge >= 0.3 is 0 Å². The highest BCUT2D eigenvalue weighted by atomic mass is 16.5. The van der Waals surface area contributed by atoms with E-state index in [-0.39, 0.29) is 0 Å². The van der Waals surface area contributed by atoms with Gasteiger partial charge in [0.2, 0.25) is 0 Å². The summed E-state index contributed by atoms with van der Waals surface area (Å²) in [5, 5.41) is 0. The summed E-state index contributed by atoms with van der Waals surface area (Å²) in [6.07, 6.45) is 2.48. The molecule has 3 unspecified atom stereocenters. The molecule has 0 aromatic heterocycles. The lowest BCUT2D eigenvalue weighted by molar-refractivity contribution is 0.136. The predicted molar refractivity (Wildman–Crippen MR) is 63.9 cm³/mol. The molecule has 0 spiro atoms. The van der Waals surface area contributed by atoms with Crippen LogP contribution in [0.4, 0.5) is 0 Å².